The summed E-state index contributed by atoms with van der Waals surface area (Å²) in [5.41, 5.74) is 3.96. The van der Waals surface area contributed by atoms with Crippen molar-refractivity contribution in [2.75, 3.05) is 43.4 Å². The molecule has 1 aliphatic heterocycles. The molecule has 0 bridgehead atoms. The fraction of sp³-hybridized carbons (Fsp3) is 0.250. The molecule has 1 aliphatic rings. The van der Waals surface area contributed by atoms with Gasteiger partial charge >= 0.3 is 0 Å². The van der Waals surface area contributed by atoms with Crippen LogP contribution in [0, 0.1) is 12.7 Å². The second-order valence-corrected chi connectivity index (χ2v) is 8.22. The Labute approximate surface area is 191 Å². The molecule has 0 aromatic carbocycles. The number of likely N-dealkylation sites (N-methyl/N-ethyl adjacent to an activating group) is 1. The zero-order valence-corrected chi connectivity index (χ0v) is 18.7. The maximum absolute atomic E-state index is 14.4. The highest BCUT2D eigenvalue weighted by molar-refractivity contribution is 5.79. The Hall–Kier alpha value is -3.85. The van der Waals surface area contributed by atoms with Crippen LogP contribution < -0.4 is 10.2 Å². The number of hydrogen-bond acceptors (Lipinski definition) is 7. The van der Waals surface area contributed by atoms with Crippen molar-refractivity contribution >= 4 is 28.7 Å². The van der Waals surface area contributed by atoms with E-state index < -0.39 is 5.82 Å². The van der Waals surface area contributed by atoms with Gasteiger partial charge < -0.3 is 19.5 Å². The van der Waals surface area contributed by atoms with E-state index in [1.807, 2.05) is 19.1 Å². The van der Waals surface area contributed by atoms with Crippen LogP contribution >= 0.6 is 0 Å². The van der Waals surface area contributed by atoms with Crippen molar-refractivity contribution in [2.45, 2.75) is 6.92 Å². The second kappa shape index (κ2) is 8.59. The summed E-state index contributed by atoms with van der Waals surface area (Å²) in [4.78, 5) is 22.2. The van der Waals surface area contributed by atoms with E-state index in [-0.39, 0.29) is 5.65 Å². The average molecular weight is 445 g/mol. The zero-order valence-electron chi connectivity index (χ0n) is 18.7. The largest absolute Gasteiger partial charge is 0.354 e. The minimum atomic E-state index is -0.399. The average Bonchev–Trinajstić information content (AvgIpc) is 3.29. The molecule has 9 heteroatoms. The van der Waals surface area contributed by atoms with Gasteiger partial charge in [-0.1, -0.05) is 6.58 Å². The summed E-state index contributed by atoms with van der Waals surface area (Å²) in [6, 6.07) is 5.35. The summed E-state index contributed by atoms with van der Waals surface area (Å²) < 4.78 is 16.0. The lowest BCUT2D eigenvalue weighted by atomic mass is 10.0. The molecule has 1 fully saturated rings. The van der Waals surface area contributed by atoms with Gasteiger partial charge in [-0.05, 0) is 31.7 Å². The third-order valence-corrected chi connectivity index (χ3v) is 5.92. The van der Waals surface area contributed by atoms with Crippen molar-refractivity contribution in [3.05, 3.63) is 78.4 Å². The van der Waals surface area contributed by atoms with E-state index in [0.29, 0.717) is 17.1 Å². The number of aromatic nitrogens is 5. The van der Waals surface area contributed by atoms with Crippen molar-refractivity contribution in [3.63, 3.8) is 0 Å². The fourth-order valence-electron chi connectivity index (χ4n) is 3.97. The summed E-state index contributed by atoms with van der Waals surface area (Å²) in [5, 5.41) is 3.27. The molecule has 4 aromatic heterocycles. The van der Waals surface area contributed by atoms with Gasteiger partial charge in [0.2, 0.25) is 5.95 Å². The SMILES string of the molecule is C=C(c1cc(F)c2nccn2c1)c1cnc(Nc2ccnc(N3CCN(C)CC3)c2)nc1C. The van der Waals surface area contributed by atoms with Gasteiger partial charge in [-0.25, -0.2) is 24.3 Å². The quantitative estimate of drug-likeness (QED) is 0.505. The van der Waals surface area contributed by atoms with Crippen molar-refractivity contribution in [2.24, 2.45) is 0 Å². The van der Waals surface area contributed by atoms with Gasteiger partial charge in [0.05, 0.1) is 5.69 Å². The highest BCUT2D eigenvalue weighted by Crippen LogP contribution is 2.26. The highest BCUT2D eigenvalue weighted by atomic mass is 19.1. The van der Waals surface area contributed by atoms with Gasteiger partial charge in [0, 0.05) is 80.0 Å². The topological polar surface area (TPSA) is 74.5 Å². The second-order valence-electron chi connectivity index (χ2n) is 8.22. The van der Waals surface area contributed by atoms with Gasteiger partial charge in [0.15, 0.2) is 11.5 Å². The molecule has 5 heterocycles. The Kier molecular flexibility index (Phi) is 5.47. The summed E-state index contributed by atoms with van der Waals surface area (Å²) in [7, 11) is 2.13. The number of piperazine rings is 1. The van der Waals surface area contributed by atoms with Gasteiger partial charge in [-0.2, -0.15) is 0 Å². The van der Waals surface area contributed by atoms with Crippen LogP contribution in [0.5, 0.6) is 0 Å². The van der Waals surface area contributed by atoms with Crippen LogP contribution in [0.25, 0.3) is 11.2 Å². The van der Waals surface area contributed by atoms with E-state index in [9.17, 15) is 4.39 Å². The Morgan fingerprint density at radius 3 is 2.70 bits per heavy atom. The summed E-state index contributed by atoms with van der Waals surface area (Å²) in [6.07, 6.45) is 8.58. The lowest BCUT2D eigenvalue weighted by Gasteiger charge is -2.33. The van der Waals surface area contributed by atoms with E-state index in [0.717, 1.165) is 48.9 Å². The van der Waals surface area contributed by atoms with Crippen LogP contribution in [0.3, 0.4) is 0 Å². The first kappa shape index (κ1) is 21.0. The molecule has 0 amide bonds. The Morgan fingerprint density at radius 1 is 1.09 bits per heavy atom. The normalized spacial score (nSPS) is 14.6. The van der Waals surface area contributed by atoms with Crippen LogP contribution in [0.4, 0.5) is 21.8 Å². The summed E-state index contributed by atoms with van der Waals surface area (Å²) in [6.45, 7) is 9.98. The molecular formula is C24H25FN8. The molecule has 5 rings (SSSR count). The smallest absolute Gasteiger partial charge is 0.227 e. The van der Waals surface area contributed by atoms with Gasteiger partial charge in [-0.15, -0.1) is 0 Å². The summed E-state index contributed by atoms with van der Waals surface area (Å²) in [5.74, 6) is 1.02. The minimum absolute atomic E-state index is 0.285. The maximum Gasteiger partial charge on any atom is 0.227 e. The maximum atomic E-state index is 14.4. The number of halogens is 1. The molecule has 0 saturated carbocycles. The van der Waals surface area contributed by atoms with Crippen molar-refractivity contribution in [3.8, 4) is 0 Å². The van der Waals surface area contributed by atoms with Gasteiger partial charge in [0.1, 0.15) is 5.82 Å². The molecule has 8 nitrogen and oxygen atoms in total. The Balaban J connectivity index is 1.35. The molecular weight excluding hydrogens is 419 g/mol. The number of aryl methyl sites for hydroxylation is 1. The first-order valence-electron chi connectivity index (χ1n) is 10.8. The number of nitrogens with one attached hydrogen (secondary N) is 1. The lowest BCUT2D eigenvalue weighted by molar-refractivity contribution is 0.312. The molecule has 0 radical (unpaired) electrons. The van der Waals surface area contributed by atoms with Gasteiger partial charge in [-0.3, -0.25) is 0 Å². The third-order valence-electron chi connectivity index (χ3n) is 5.92. The van der Waals surface area contributed by atoms with Crippen molar-refractivity contribution < 1.29 is 4.39 Å². The molecule has 0 unspecified atom stereocenters. The third kappa shape index (κ3) is 4.27. The molecule has 0 spiro atoms. The summed E-state index contributed by atoms with van der Waals surface area (Å²) >= 11 is 0. The number of imidazole rings is 1. The van der Waals surface area contributed by atoms with E-state index in [2.05, 4.69) is 48.7 Å². The van der Waals surface area contributed by atoms with Crippen molar-refractivity contribution in [1.82, 2.24) is 29.2 Å². The highest BCUT2D eigenvalue weighted by Gasteiger charge is 2.16. The molecule has 33 heavy (non-hydrogen) atoms. The van der Waals surface area contributed by atoms with Crippen molar-refractivity contribution in [1.29, 1.82) is 0 Å². The van der Waals surface area contributed by atoms with Crippen LogP contribution in [-0.4, -0.2) is 62.5 Å². The molecule has 1 N–H and O–H groups in total. The lowest BCUT2D eigenvalue weighted by Crippen LogP contribution is -2.44. The standard InChI is InChI=1S/C24H25FN8/c1-16(18-12-21(25)23-27-6-7-33(23)15-18)20-14-28-24(29-17(20)2)30-19-4-5-26-22(13-19)32-10-8-31(3)9-11-32/h4-7,12-15H,1,8-11H2,2-3H3,(H,26,28,29,30). The van der Waals surface area contributed by atoms with Crippen LogP contribution in [0.15, 0.2) is 55.8 Å². The number of anilines is 3. The van der Waals surface area contributed by atoms with Crippen LogP contribution in [0.1, 0.15) is 16.8 Å². The predicted octanol–water partition coefficient (Wildman–Crippen LogP) is 3.52. The Morgan fingerprint density at radius 2 is 1.91 bits per heavy atom. The van der Waals surface area contributed by atoms with Crippen LogP contribution in [0.2, 0.25) is 0 Å². The first-order chi connectivity index (χ1) is 16.0. The van der Waals surface area contributed by atoms with E-state index in [4.69, 9.17) is 0 Å². The number of rotatable bonds is 5. The predicted molar refractivity (Wildman–Crippen MR) is 127 cm³/mol. The Bertz CT molecular complexity index is 1320. The van der Waals surface area contributed by atoms with E-state index in [1.54, 1.807) is 35.4 Å². The molecule has 0 aliphatic carbocycles. The first-order valence-corrected chi connectivity index (χ1v) is 10.8. The number of pyridine rings is 2. The molecule has 168 valence electrons. The van der Waals surface area contributed by atoms with E-state index in [1.165, 1.54) is 6.07 Å². The minimum Gasteiger partial charge on any atom is -0.354 e. The fourth-order valence-corrected chi connectivity index (χ4v) is 3.97. The van der Waals surface area contributed by atoms with E-state index >= 15 is 0 Å². The number of fused-ring (bicyclic) bond motifs is 1. The zero-order chi connectivity index (χ0) is 22.9. The molecule has 4 aromatic rings. The molecule has 1 saturated heterocycles. The van der Waals surface area contributed by atoms with Gasteiger partial charge in [0.25, 0.3) is 0 Å². The number of hydrogen-bond donors (Lipinski definition) is 1. The monoisotopic (exact) mass is 444 g/mol. The number of nitrogens with zero attached hydrogens (tertiary/aromatic N) is 7. The molecule has 0 atom stereocenters. The van der Waals surface area contributed by atoms with Crippen LogP contribution in [-0.2, 0) is 0 Å².